The third-order valence-corrected chi connectivity index (χ3v) is 1.26. The highest BCUT2D eigenvalue weighted by molar-refractivity contribution is 5.06. The Morgan fingerprint density at radius 3 is 2.00 bits per heavy atom. The Bertz CT molecular complexity index is 167. The molecule has 0 aliphatic rings. The van der Waals surface area contributed by atoms with Gasteiger partial charge in [-0.3, -0.25) is 5.73 Å². The first kappa shape index (κ1) is 11.2. The zero-order valence-electron chi connectivity index (χ0n) is 6.38. The summed E-state index contributed by atoms with van der Waals surface area (Å²) in [6, 6.07) is 0. The Morgan fingerprint density at radius 2 is 1.67 bits per heavy atom. The van der Waals surface area contributed by atoms with E-state index in [1.165, 1.54) is 0 Å². The van der Waals surface area contributed by atoms with Crippen LogP contribution in [0.4, 0.5) is 0 Å². The molecule has 0 fully saturated rings. The van der Waals surface area contributed by atoms with Crippen LogP contribution in [0.5, 0.6) is 0 Å². The second-order valence-corrected chi connectivity index (χ2v) is 2.24. The summed E-state index contributed by atoms with van der Waals surface area (Å²) in [6.45, 7) is -0.348. The first-order valence-electron chi connectivity index (χ1n) is 3.35. The van der Waals surface area contributed by atoms with Crippen molar-refractivity contribution in [2.24, 2.45) is 5.73 Å². The van der Waals surface area contributed by atoms with E-state index >= 15 is 0 Å². The molecule has 0 bridgehead atoms. The van der Waals surface area contributed by atoms with E-state index in [0.29, 0.717) is 0 Å². The lowest BCUT2D eigenvalue weighted by atomic mass is 10.2. The topological polar surface area (TPSA) is 127 Å². The van der Waals surface area contributed by atoms with Gasteiger partial charge in [-0.05, 0) is 0 Å². The SMILES string of the molecule is NC(O)/C(O)=C(/O)C(O)CCO. The lowest BCUT2D eigenvalue weighted by molar-refractivity contribution is 0.0888. The molecule has 2 unspecified atom stereocenters. The molecule has 0 aromatic heterocycles. The van der Waals surface area contributed by atoms with Crippen molar-refractivity contribution >= 4 is 0 Å². The van der Waals surface area contributed by atoms with Crippen LogP contribution in [-0.2, 0) is 0 Å². The lowest BCUT2D eigenvalue weighted by Crippen LogP contribution is -2.26. The van der Waals surface area contributed by atoms with Crippen molar-refractivity contribution in [3.8, 4) is 0 Å². The molecule has 0 aromatic rings. The third-order valence-electron chi connectivity index (χ3n) is 1.26. The molecule has 6 nitrogen and oxygen atoms in total. The summed E-state index contributed by atoms with van der Waals surface area (Å²) >= 11 is 0. The fourth-order valence-electron chi connectivity index (χ4n) is 0.581. The molecule has 0 saturated carbocycles. The molecule has 0 amide bonds. The molecule has 0 radical (unpaired) electrons. The summed E-state index contributed by atoms with van der Waals surface area (Å²) in [5.74, 6) is -1.71. The predicted molar refractivity (Wildman–Crippen MR) is 40.2 cm³/mol. The Kier molecular flexibility index (Phi) is 4.60. The molecule has 0 saturated heterocycles. The maximum Gasteiger partial charge on any atom is 0.176 e. The molecular formula is C6H13NO5. The number of hydrogen-bond acceptors (Lipinski definition) is 6. The highest BCUT2D eigenvalue weighted by atomic mass is 16.4. The largest absolute Gasteiger partial charge is 0.506 e. The molecule has 6 heteroatoms. The Balaban J connectivity index is 4.32. The summed E-state index contributed by atoms with van der Waals surface area (Å²) in [7, 11) is 0. The standard InChI is InChI=1S/C6H13NO5/c7-6(12)5(11)4(10)3(9)1-2-8/h3,6,8-12H,1-2,7H2/b5-4-. The highest BCUT2D eigenvalue weighted by Gasteiger charge is 2.17. The van der Waals surface area contributed by atoms with Gasteiger partial charge in [0.1, 0.15) is 6.10 Å². The van der Waals surface area contributed by atoms with Crippen LogP contribution in [0.25, 0.3) is 0 Å². The second kappa shape index (κ2) is 4.94. The molecule has 0 heterocycles. The van der Waals surface area contributed by atoms with Crippen molar-refractivity contribution in [2.75, 3.05) is 6.61 Å². The van der Waals surface area contributed by atoms with E-state index in [9.17, 15) is 0 Å². The fraction of sp³-hybridized carbons (Fsp3) is 0.667. The molecule has 0 spiro atoms. The molecule has 0 aliphatic heterocycles. The first-order valence-corrected chi connectivity index (χ1v) is 3.35. The smallest absolute Gasteiger partial charge is 0.176 e. The Labute approximate surface area is 69.2 Å². The number of hydrogen-bond donors (Lipinski definition) is 6. The summed E-state index contributed by atoms with van der Waals surface area (Å²) in [4.78, 5) is 0. The van der Waals surface area contributed by atoms with Crippen LogP contribution in [0, 0.1) is 0 Å². The van der Waals surface area contributed by atoms with Crippen molar-refractivity contribution in [3.05, 3.63) is 11.5 Å². The van der Waals surface area contributed by atoms with Gasteiger partial charge in [-0.25, -0.2) is 0 Å². The van der Waals surface area contributed by atoms with Gasteiger partial charge in [-0.15, -0.1) is 0 Å². The van der Waals surface area contributed by atoms with Crippen LogP contribution in [-0.4, -0.2) is 44.5 Å². The van der Waals surface area contributed by atoms with E-state index < -0.39 is 23.9 Å². The van der Waals surface area contributed by atoms with E-state index in [1.807, 2.05) is 0 Å². The Hall–Kier alpha value is -0.820. The molecule has 0 rings (SSSR count). The minimum atomic E-state index is -1.72. The minimum Gasteiger partial charge on any atom is -0.506 e. The molecule has 2 atom stereocenters. The Morgan fingerprint density at radius 1 is 1.17 bits per heavy atom. The molecule has 72 valence electrons. The lowest BCUT2D eigenvalue weighted by Gasteiger charge is -2.11. The van der Waals surface area contributed by atoms with Gasteiger partial charge in [0.25, 0.3) is 0 Å². The fourth-order valence-corrected chi connectivity index (χ4v) is 0.581. The van der Waals surface area contributed by atoms with Gasteiger partial charge in [-0.1, -0.05) is 0 Å². The van der Waals surface area contributed by atoms with Crippen LogP contribution in [0.3, 0.4) is 0 Å². The van der Waals surface area contributed by atoms with Gasteiger partial charge < -0.3 is 25.5 Å². The van der Waals surface area contributed by atoms with Crippen molar-refractivity contribution in [1.29, 1.82) is 0 Å². The average Bonchev–Trinajstić information content (AvgIpc) is 2.02. The normalized spacial score (nSPS) is 18.3. The van der Waals surface area contributed by atoms with Crippen molar-refractivity contribution in [1.82, 2.24) is 0 Å². The monoisotopic (exact) mass is 179 g/mol. The third kappa shape index (κ3) is 3.05. The molecule has 7 N–H and O–H groups in total. The van der Waals surface area contributed by atoms with E-state index in [2.05, 4.69) is 0 Å². The first-order chi connectivity index (χ1) is 5.50. The zero-order valence-corrected chi connectivity index (χ0v) is 6.38. The summed E-state index contributed by atoms with van der Waals surface area (Å²) in [5.41, 5.74) is 4.78. The quantitative estimate of drug-likeness (QED) is 0.226. The van der Waals surface area contributed by atoms with Crippen LogP contribution in [0.15, 0.2) is 11.5 Å². The number of rotatable bonds is 4. The second-order valence-electron chi connectivity index (χ2n) is 2.24. The van der Waals surface area contributed by atoms with Gasteiger partial charge >= 0.3 is 0 Å². The van der Waals surface area contributed by atoms with Crippen LogP contribution < -0.4 is 5.73 Å². The predicted octanol–water partition coefficient (Wildman–Crippen LogP) is -1.67. The van der Waals surface area contributed by atoms with Gasteiger partial charge in [0.2, 0.25) is 0 Å². The van der Waals surface area contributed by atoms with E-state index in [-0.39, 0.29) is 13.0 Å². The van der Waals surface area contributed by atoms with E-state index in [4.69, 9.17) is 31.3 Å². The van der Waals surface area contributed by atoms with E-state index in [1.54, 1.807) is 0 Å². The van der Waals surface area contributed by atoms with Gasteiger partial charge in [0.15, 0.2) is 17.7 Å². The van der Waals surface area contributed by atoms with Crippen LogP contribution in [0.2, 0.25) is 0 Å². The molecular weight excluding hydrogens is 166 g/mol. The minimum absolute atomic E-state index is 0.136. The zero-order chi connectivity index (χ0) is 9.72. The highest BCUT2D eigenvalue weighted by Crippen LogP contribution is 2.07. The van der Waals surface area contributed by atoms with Gasteiger partial charge in [0.05, 0.1) is 0 Å². The van der Waals surface area contributed by atoms with Crippen molar-refractivity contribution in [2.45, 2.75) is 18.8 Å². The van der Waals surface area contributed by atoms with Gasteiger partial charge in [-0.2, -0.15) is 0 Å². The summed E-state index contributed by atoms with van der Waals surface area (Å²) < 4.78 is 0. The summed E-state index contributed by atoms with van der Waals surface area (Å²) in [5, 5.41) is 43.5. The number of aliphatic hydroxyl groups is 5. The summed E-state index contributed by atoms with van der Waals surface area (Å²) in [6.07, 6.45) is -3.27. The molecule has 0 aromatic carbocycles. The molecule has 12 heavy (non-hydrogen) atoms. The van der Waals surface area contributed by atoms with Crippen molar-refractivity contribution < 1.29 is 25.5 Å². The van der Waals surface area contributed by atoms with Crippen molar-refractivity contribution in [3.63, 3.8) is 0 Å². The number of aliphatic hydroxyl groups excluding tert-OH is 5. The van der Waals surface area contributed by atoms with E-state index in [0.717, 1.165) is 0 Å². The molecule has 0 aliphatic carbocycles. The maximum absolute atomic E-state index is 8.94. The van der Waals surface area contributed by atoms with Crippen LogP contribution >= 0.6 is 0 Å². The van der Waals surface area contributed by atoms with Gasteiger partial charge in [0, 0.05) is 13.0 Å². The van der Waals surface area contributed by atoms with Crippen LogP contribution in [0.1, 0.15) is 6.42 Å². The maximum atomic E-state index is 8.94. The number of nitrogens with two attached hydrogens (primary N) is 1. The average molecular weight is 179 g/mol.